The molecule has 13 heavy (non-hydrogen) atoms. The van der Waals surface area contributed by atoms with Gasteiger partial charge in [0.1, 0.15) is 5.38 Å². The van der Waals surface area contributed by atoms with Crippen LogP contribution in [-0.2, 0) is 4.79 Å². The predicted molar refractivity (Wildman–Crippen MR) is 51.6 cm³/mol. The Morgan fingerprint density at radius 1 is 1.31 bits per heavy atom. The van der Waals surface area contributed by atoms with Crippen molar-refractivity contribution in [2.24, 2.45) is 0 Å². The minimum Gasteiger partial charge on any atom is -0.335 e. The molecule has 1 fully saturated rings. The molecule has 0 aliphatic carbocycles. The highest BCUT2D eigenvalue weighted by atomic mass is 35.5. The highest BCUT2D eigenvalue weighted by Gasteiger charge is 2.44. The Hall–Kier alpha value is -1.02. The molecule has 0 N–H and O–H groups in total. The van der Waals surface area contributed by atoms with E-state index in [0.29, 0.717) is 0 Å². The van der Waals surface area contributed by atoms with Crippen LogP contribution in [0.2, 0.25) is 0 Å². The largest absolute Gasteiger partial charge is 0.335 e. The molecule has 0 radical (unpaired) electrons. The van der Waals surface area contributed by atoms with E-state index in [2.05, 4.69) is 0 Å². The summed E-state index contributed by atoms with van der Waals surface area (Å²) in [6.45, 7) is 0. The van der Waals surface area contributed by atoms with Crippen LogP contribution < -0.4 is 0 Å². The Labute approximate surface area is 82.1 Å². The lowest BCUT2D eigenvalue weighted by Gasteiger charge is -2.41. The van der Waals surface area contributed by atoms with Crippen molar-refractivity contribution >= 4 is 17.5 Å². The smallest absolute Gasteiger partial charge is 0.243 e. The number of alkyl halides is 1. The van der Waals surface area contributed by atoms with Gasteiger partial charge < -0.3 is 4.90 Å². The fraction of sp³-hybridized carbons (Fsp3) is 0.300. The maximum atomic E-state index is 11.1. The van der Waals surface area contributed by atoms with Crippen LogP contribution in [-0.4, -0.2) is 23.2 Å². The molecule has 0 aromatic heterocycles. The molecule has 0 unspecified atom stereocenters. The number of rotatable bonds is 1. The van der Waals surface area contributed by atoms with Crippen molar-refractivity contribution in [1.82, 2.24) is 4.90 Å². The highest BCUT2D eigenvalue weighted by Crippen LogP contribution is 2.36. The zero-order chi connectivity index (χ0) is 9.42. The first-order chi connectivity index (χ1) is 6.22. The molecule has 1 heterocycles. The van der Waals surface area contributed by atoms with E-state index >= 15 is 0 Å². The number of nitrogens with zero attached hydrogens (tertiary/aromatic N) is 1. The molecule has 2 rings (SSSR count). The van der Waals surface area contributed by atoms with Crippen LogP contribution in [0, 0.1) is 0 Å². The third kappa shape index (κ3) is 1.22. The average Bonchev–Trinajstić information content (AvgIpc) is 2.19. The number of halogens is 1. The summed E-state index contributed by atoms with van der Waals surface area (Å²) >= 11 is 5.90. The minimum absolute atomic E-state index is 0.00974. The molecule has 0 saturated carbocycles. The minimum atomic E-state index is -0.382. The van der Waals surface area contributed by atoms with Gasteiger partial charge in [-0.1, -0.05) is 30.3 Å². The van der Waals surface area contributed by atoms with Crippen LogP contribution in [0.3, 0.4) is 0 Å². The summed E-state index contributed by atoms with van der Waals surface area (Å²) in [6, 6.07) is 9.89. The lowest BCUT2D eigenvalue weighted by atomic mass is 9.94. The van der Waals surface area contributed by atoms with Crippen LogP contribution in [0.15, 0.2) is 30.3 Å². The highest BCUT2D eigenvalue weighted by molar-refractivity contribution is 6.33. The normalized spacial score (nSPS) is 27.2. The molecule has 2 atom stereocenters. The Kier molecular flexibility index (Phi) is 2.00. The number of likely N-dealkylation sites (tertiary alicyclic amines) is 1. The molecule has 68 valence electrons. The SMILES string of the molecule is CN1C(=O)[C@@H](Cl)[C@@H]1c1ccccc1. The molecule has 3 heteroatoms. The number of β-lactam (4-membered cyclic amide) rings is 1. The summed E-state index contributed by atoms with van der Waals surface area (Å²) in [4.78, 5) is 12.8. The maximum Gasteiger partial charge on any atom is 0.243 e. The van der Waals surface area contributed by atoms with Gasteiger partial charge in [0.05, 0.1) is 6.04 Å². The summed E-state index contributed by atoms with van der Waals surface area (Å²) in [5, 5.41) is -0.382. The zero-order valence-corrected chi connectivity index (χ0v) is 8.03. The van der Waals surface area contributed by atoms with Crippen LogP contribution >= 0.6 is 11.6 Å². The van der Waals surface area contributed by atoms with Crippen molar-refractivity contribution in [3.63, 3.8) is 0 Å². The fourth-order valence-electron chi connectivity index (χ4n) is 1.62. The lowest BCUT2D eigenvalue weighted by molar-refractivity contribution is -0.142. The summed E-state index contributed by atoms with van der Waals surface area (Å²) in [5.74, 6) is 0.00974. The average molecular weight is 196 g/mol. The Morgan fingerprint density at radius 3 is 2.46 bits per heavy atom. The Balaban J connectivity index is 2.25. The second-order valence-corrected chi connectivity index (χ2v) is 3.68. The number of carbonyl (C=O) groups excluding carboxylic acids is 1. The number of amides is 1. The summed E-state index contributed by atoms with van der Waals surface area (Å²) in [6.07, 6.45) is 0. The molecule has 1 aromatic carbocycles. The third-order valence-electron chi connectivity index (χ3n) is 2.42. The molecule has 1 aliphatic rings. The molecule has 0 bridgehead atoms. The van der Waals surface area contributed by atoms with Gasteiger partial charge in [-0.05, 0) is 5.56 Å². The van der Waals surface area contributed by atoms with Gasteiger partial charge in [-0.3, -0.25) is 4.79 Å². The molecule has 1 saturated heterocycles. The maximum absolute atomic E-state index is 11.1. The van der Waals surface area contributed by atoms with Gasteiger partial charge in [0.15, 0.2) is 0 Å². The van der Waals surface area contributed by atoms with E-state index in [1.165, 1.54) is 0 Å². The van der Waals surface area contributed by atoms with E-state index in [0.717, 1.165) is 5.56 Å². The van der Waals surface area contributed by atoms with Crippen LogP contribution in [0.25, 0.3) is 0 Å². The number of carbonyl (C=O) groups is 1. The molecule has 1 aromatic rings. The van der Waals surface area contributed by atoms with Gasteiger partial charge >= 0.3 is 0 Å². The van der Waals surface area contributed by atoms with Gasteiger partial charge in [0.25, 0.3) is 0 Å². The van der Waals surface area contributed by atoms with Crippen molar-refractivity contribution < 1.29 is 4.79 Å². The van der Waals surface area contributed by atoms with E-state index in [-0.39, 0.29) is 17.3 Å². The number of benzene rings is 1. The van der Waals surface area contributed by atoms with Crippen molar-refractivity contribution in [1.29, 1.82) is 0 Å². The quantitative estimate of drug-likeness (QED) is 0.495. The van der Waals surface area contributed by atoms with Crippen LogP contribution in [0.5, 0.6) is 0 Å². The second-order valence-electron chi connectivity index (χ2n) is 3.21. The molecular formula is C10H10ClNO. The van der Waals surface area contributed by atoms with Crippen molar-refractivity contribution in [3.05, 3.63) is 35.9 Å². The van der Waals surface area contributed by atoms with E-state index in [9.17, 15) is 4.79 Å². The van der Waals surface area contributed by atoms with E-state index in [4.69, 9.17) is 11.6 Å². The van der Waals surface area contributed by atoms with E-state index in [1.807, 2.05) is 30.3 Å². The van der Waals surface area contributed by atoms with Crippen LogP contribution in [0.1, 0.15) is 11.6 Å². The monoisotopic (exact) mass is 195 g/mol. The van der Waals surface area contributed by atoms with Crippen molar-refractivity contribution in [3.8, 4) is 0 Å². The predicted octanol–water partition coefficient (Wildman–Crippen LogP) is 1.81. The molecular weight excluding hydrogens is 186 g/mol. The summed E-state index contributed by atoms with van der Waals surface area (Å²) in [7, 11) is 1.78. The van der Waals surface area contributed by atoms with E-state index < -0.39 is 0 Å². The van der Waals surface area contributed by atoms with Crippen molar-refractivity contribution in [2.75, 3.05) is 7.05 Å². The van der Waals surface area contributed by atoms with Crippen molar-refractivity contribution in [2.45, 2.75) is 11.4 Å². The number of hydrogen-bond acceptors (Lipinski definition) is 1. The molecule has 0 spiro atoms. The van der Waals surface area contributed by atoms with Gasteiger partial charge in [-0.15, -0.1) is 11.6 Å². The Bertz CT molecular complexity index is 313. The lowest BCUT2D eigenvalue weighted by Crippen LogP contribution is -2.53. The molecule has 2 nitrogen and oxygen atoms in total. The summed E-state index contributed by atoms with van der Waals surface area (Å²) in [5.41, 5.74) is 1.10. The first kappa shape index (κ1) is 8.57. The second kappa shape index (κ2) is 3.04. The molecule has 1 amide bonds. The standard InChI is InChI=1S/C10H10ClNO/c1-12-9(8(11)10(12)13)7-5-3-2-4-6-7/h2-6,8-9H,1H3/t8-,9-/m0/s1. The summed E-state index contributed by atoms with van der Waals surface area (Å²) < 4.78 is 0. The number of hydrogen-bond donors (Lipinski definition) is 0. The van der Waals surface area contributed by atoms with Gasteiger partial charge in [0, 0.05) is 7.05 Å². The van der Waals surface area contributed by atoms with Gasteiger partial charge in [-0.2, -0.15) is 0 Å². The van der Waals surface area contributed by atoms with E-state index in [1.54, 1.807) is 11.9 Å². The van der Waals surface area contributed by atoms with Crippen LogP contribution in [0.4, 0.5) is 0 Å². The Morgan fingerprint density at radius 2 is 1.92 bits per heavy atom. The topological polar surface area (TPSA) is 20.3 Å². The zero-order valence-electron chi connectivity index (χ0n) is 7.27. The third-order valence-corrected chi connectivity index (χ3v) is 2.84. The fourth-order valence-corrected chi connectivity index (χ4v) is 2.09. The van der Waals surface area contributed by atoms with Gasteiger partial charge in [-0.25, -0.2) is 0 Å². The first-order valence-corrected chi connectivity index (χ1v) is 4.61. The molecule has 1 aliphatic heterocycles. The first-order valence-electron chi connectivity index (χ1n) is 4.17. The van der Waals surface area contributed by atoms with Gasteiger partial charge in [0.2, 0.25) is 5.91 Å².